The van der Waals surface area contributed by atoms with Gasteiger partial charge in [0.1, 0.15) is 4.90 Å². The van der Waals surface area contributed by atoms with Crippen molar-refractivity contribution < 1.29 is 13.2 Å². The highest BCUT2D eigenvalue weighted by molar-refractivity contribution is 7.89. The Morgan fingerprint density at radius 1 is 1.33 bits per heavy atom. The minimum absolute atomic E-state index is 0.0947. The molecule has 2 aromatic heterocycles. The van der Waals surface area contributed by atoms with E-state index < -0.39 is 10.0 Å². The molecule has 0 saturated carbocycles. The van der Waals surface area contributed by atoms with Crippen LogP contribution in [0.15, 0.2) is 35.6 Å². The lowest BCUT2D eigenvalue weighted by Gasteiger charge is -2.30. The van der Waals surface area contributed by atoms with Crippen LogP contribution in [0.5, 0.6) is 0 Å². The van der Waals surface area contributed by atoms with Crippen molar-refractivity contribution in [2.45, 2.75) is 24.7 Å². The summed E-state index contributed by atoms with van der Waals surface area (Å²) in [6.07, 6.45) is 5.59. The predicted octanol–water partition coefficient (Wildman–Crippen LogP) is 1.89. The summed E-state index contributed by atoms with van der Waals surface area (Å²) in [7, 11) is -3.54. The lowest BCUT2D eigenvalue weighted by molar-refractivity contribution is -0.120. The summed E-state index contributed by atoms with van der Waals surface area (Å²) < 4.78 is 26.5. The van der Waals surface area contributed by atoms with Gasteiger partial charge in [-0.3, -0.25) is 9.78 Å². The van der Waals surface area contributed by atoms with Crippen LogP contribution in [-0.2, 0) is 14.8 Å². The molecule has 9 heteroatoms. The molecule has 0 atom stereocenters. The number of rotatable bonds is 4. The zero-order chi connectivity index (χ0) is 17.2. The minimum atomic E-state index is -3.54. The number of aryl methyl sites for hydroxylation is 1. The Hall–Kier alpha value is -1.84. The van der Waals surface area contributed by atoms with E-state index in [0.717, 1.165) is 4.88 Å². The number of carbonyl (C=O) groups is 1. The first-order valence-electron chi connectivity index (χ1n) is 7.60. The third-order valence-corrected chi connectivity index (χ3v) is 6.66. The Bertz CT molecular complexity index is 812. The van der Waals surface area contributed by atoms with Crippen LogP contribution in [0.4, 0.5) is 5.13 Å². The third-order valence-electron chi connectivity index (χ3n) is 3.95. The molecule has 3 heterocycles. The molecule has 1 aliphatic heterocycles. The van der Waals surface area contributed by atoms with E-state index in [1.165, 1.54) is 34.1 Å². The number of sulfonamides is 1. The number of pyridine rings is 1. The molecule has 0 aromatic carbocycles. The van der Waals surface area contributed by atoms with Gasteiger partial charge in [0.15, 0.2) is 5.13 Å². The molecule has 3 rings (SSSR count). The van der Waals surface area contributed by atoms with Gasteiger partial charge in [-0.1, -0.05) is 0 Å². The molecule has 1 amide bonds. The first-order valence-corrected chi connectivity index (χ1v) is 9.86. The molecular weight excluding hydrogens is 348 g/mol. The first kappa shape index (κ1) is 17.0. The molecule has 0 aliphatic carbocycles. The lowest BCUT2D eigenvalue weighted by Crippen LogP contribution is -2.41. The van der Waals surface area contributed by atoms with Crippen molar-refractivity contribution in [1.82, 2.24) is 14.3 Å². The van der Waals surface area contributed by atoms with Gasteiger partial charge in [0, 0.05) is 42.5 Å². The van der Waals surface area contributed by atoms with Crippen molar-refractivity contribution in [3.05, 3.63) is 35.6 Å². The smallest absolute Gasteiger partial charge is 0.244 e. The quantitative estimate of drug-likeness (QED) is 0.892. The van der Waals surface area contributed by atoms with Crippen molar-refractivity contribution in [2.24, 2.45) is 5.92 Å². The normalized spacial score (nSPS) is 16.9. The van der Waals surface area contributed by atoms with Crippen LogP contribution in [0.3, 0.4) is 0 Å². The molecule has 1 aliphatic rings. The number of piperidine rings is 1. The van der Waals surface area contributed by atoms with E-state index in [-0.39, 0.29) is 16.7 Å². The SMILES string of the molecule is Cc1cnc(NC(=O)C2CCN(S(=O)(=O)c3cccnc3)CC2)s1. The average molecular weight is 366 g/mol. The van der Waals surface area contributed by atoms with Gasteiger partial charge in [0.25, 0.3) is 0 Å². The minimum Gasteiger partial charge on any atom is -0.302 e. The zero-order valence-corrected chi connectivity index (χ0v) is 14.8. The van der Waals surface area contributed by atoms with Crippen molar-refractivity contribution >= 4 is 32.4 Å². The van der Waals surface area contributed by atoms with Crippen LogP contribution in [0.25, 0.3) is 0 Å². The lowest BCUT2D eigenvalue weighted by atomic mass is 9.97. The summed E-state index contributed by atoms with van der Waals surface area (Å²) in [6.45, 7) is 2.58. The van der Waals surface area contributed by atoms with Crippen molar-refractivity contribution in [3.8, 4) is 0 Å². The molecular formula is C15H18N4O3S2. The summed E-state index contributed by atoms with van der Waals surface area (Å²) in [5.41, 5.74) is 0. The summed E-state index contributed by atoms with van der Waals surface area (Å²) in [5, 5.41) is 3.39. The zero-order valence-electron chi connectivity index (χ0n) is 13.2. The number of carbonyl (C=O) groups excluding carboxylic acids is 1. The number of amides is 1. The maximum atomic E-state index is 12.5. The van der Waals surface area contributed by atoms with Crippen LogP contribution in [0, 0.1) is 12.8 Å². The van der Waals surface area contributed by atoms with E-state index in [1.54, 1.807) is 12.3 Å². The fourth-order valence-corrected chi connectivity index (χ4v) is 4.73. The van der Waals surface area contributed by atoms with Crippen LogP contribution in [-0.4, -0.2) is 41.7 Å². The van der Waals surface area contributed by atoms with E-state index in [0.29, 0.717) is 31.1 Å². The van der Waals surface area contributed by atoms with Gasteiger partial charge in [-0.15, -0.1) is 11.3 Å². The van der Waals surface area contributed by atoms with Crippen molar-refractivity contribution in [1.29, 1.82) is 0 Å². The molecule has 0 radical (unpaired) electrons. The molecule has 1 fully saturated rings. The summed E-state index contributed by atoms with van der Waals surface area (Å²) in [6, 6.07) is 3.13. The fraction of sp³-hybridized carbons (Fsp3) is 0.400. The summed E-state index contributed by atoms with van der Waals surface area (Å²) >= 11 is 1.43. The highest BCUT2D eigenvalue weighted by Gasteiger charge is 2.32. The van der Waals surface area contributed by atoms with Gasteiger partial charge in [-0.25, -0.2) is 13.4 Å². The van der Waals surface area contributed by atoms with E-state index in [4.69, 9.17) is 0 Å². The second-order valence-corrected chi connectivity index (χ2v) is 8.81. The summed E-state index contributed by atoms with van der Waals surface area (Å²) in [5.74, 6) is -0.294. The molecule has 24 heavy (non-hydrogen) atoms. The van der Waals surface area contributed by atoms with E-state index >= 15 is 0 Å². The molecule has 0 spiro atoms. The monoisotopic (exact) mass is 366 g/mol. The Morgan fingerprint density at radius 2 is 2.08 bits per heavy atom. The van der Waals surface area contributed by atoms with Gasteiger partial charge in [0.05, 0.1) is 0 Å². The van der Waals surface area contributed by atoms with Gasteiger partial charge < -0.3 is 5.32 Å². The Kier molecular flexibility index (Phi) is 4.93. The van der Waals surface area contributed by atoms with Gasteiger partial charge in [-0.05, 0) is 31.9 Å². The standard InChI is InChI=1S/C15H18N4O3S2/c1-11-9-17-15(23-11)18-14(20)12-4-7-19(8-5-12)24(21,22)13-3-2-6-16-10-13/h2-3,6,9-10,12H,4-5,7-8H2,1H3,(H,17,18,20). The van der Waals surface area contributed by atoms with Gasteiger partial charge >= 0.3 is 0 Å². The Morgan fingerprint density at radius 3 is 2.67 bits per heavy atom. The second kappa shape index (κ2) is 6.96. The molecule has 0 unspecified atom stereocenters. The van der Waals surface area contributed by atoms with Crippen LogP contribution >= 0.6 is 11.3 Å². The average Bonchev–Trinajstić information content (AvgIpc) is 3.00. The number of hydrogen-bond acceptors (Lipinski definition) is 6. The van der Waals surface area contributed by atoms with Crippen LogP contribution < -0.4 is 5.32 Å². The highest BCUT2D eigenvalue weighted by atomic mass is 32.2. The second-order valence-electron chi connectivity index (χ2n) is 5.63. The number of thiazole rings is 1. The first-order chi connectivity index (χ1) is 11.5. The number of anilines is 1. The molecule has 2 aromatic rings. The molecule has 128 valence electrons. The summed E-state index contributed by atoms with van der Waals surface area (Å²) in [4.78, 5) is 21.5. The van der Waals surface area contributed by atoms with Crippen molar-refractivity contribution in [3.63, 3.8) is 0 Å². The topological polar surface area (TPSA) is 92.3 Å². The molecule has 1 N–H and O–H groups in total. The van der Waals surface area contributed by atoms with Crippen LogP contribution in [0.2, 0.25) is 0 Å². The van der Waals surface area contributed by atoms with E-state index in [9.17, 15) is 13.2 Å². The van der Waals surface area contributed by atoms with E-state index in [2.05, 4.69) is 15.3 Å². The van der Waals surface area contributed by atoms with Gasteiger partial charge in [-0.2, -0.15) is 4.31 Å². The number of aromatic nitrogens is 2. The van der Waals surface area contributed by atoms with E-state index in [1.807, 2.05) is 6.92 Å². The highest BCUT2D eigenvalue weighted by Crippen LogP contribution is 2.25. The third kappa shape index (κ3) is 3.63. The number of hydrogen-bond donors (Lipinski definition) is 1. The van der Waals surface area contributed by atoms with Crippen LogP contribution in [0.1, 0.15) is 17.7 Å². The Balaban J connectivity index is 1.60. The predicted molar refractivity (Wildman–Crippen MR) is 91.2 cm³/mol. The number of nitrogens with zero attached hydrogens (tertiary/aromatic N) is 3. The fourth-order valence-electron chi connectivity index (χ4n) is 2.63. The van der Waals surface area contributed by atoms with Gasteiger partial charge in [0.2, 0.25) is 15.9 Å². The Labute approximate surface area is 144 Å². The molecule has 1 saturated heterocycles. The maximum Gasteiger partial charge on any atom is 0.244 e. The number of nitrogens with one attached hydrogen (secondary N) is 1. The molecule has 7 nitrogen and oxygen atoms in total. The molecule has 0 bridgehead atoms. The van der Waals surface area contributed by atoms with Crippen molar-refractivity contribution in [2.75, 3.05) is 18.4 Å². The maximum absolute atomic E-state index is 12.5. The largest absolute Gasteiger partial charge is 0.302 e.